The Morgan fingerprint density at radius 2 is 1.13 bits per heavy atom. The molecule has 1 aliphatic rings. The molecule has 0 N–H and O–H groups in total. The lowest BCUT2D eigenvalue weighted by molar-refractivity contribution is -0.0426. The summed E-state index contributed by atoms with van der Waals surface area (Å²) >= 11 is 0. The van der Waals surface area contributed by atoms with E-state index in [2.05, 4.69) is 10.2 Å². The molecule has 152 valence electrons. The smallest absolute Gasteiger partial charge is 0.213 e. The fourth-order valence-corrected chi connectivity index (χ4v) is 4.44. The van der Waals surface area contributed by atoms with Crippen molar-refractivity contribution in [2.75, 3.05) is 0 Å². The number of rotatable bonds is 4. The summed E-state index contributed by atoms with van der Waals surface area (Å²) in [7, 11) is -5.74. The lowest BCUT2D eigenvalue weighted by atomic mass is 9.75. The third-order valence-corrected chi connectivity index (χ3v) is 6.28. The summed E-state index contributed by atoms with van der Waals surface area (Å²) < 4.78 is 65.4. The standard InChI is InChI=1S/C22H15F3N2O2S/c23-22(24,25)30(28,29)20-19(16-10-4-1-5-11-16)21(27-26-20,17-12-6-2-7-13-17)18-14-8-3-9-15-18/h1-15H. The van der Waals surface area contributed by atoms with Crippen molar-refractivity contribution in [1.29, 1.82) is 0 Å². The molecule has 1 heterocycles. The quantitative estimate of drug-likeness (QED) is 0.535. The van der Waals surface area contributed by atoms with E-state index in [1.54, 1.807) is 91.0 Å². The first-order valence-corrected chi connectivity index (χ1v) is 10.4. The summed E-state index contributed by atoms with van der Waals surface area (Å²) in [5.41, 5.74) is -5.88. The van der Waals surface area contributed by atoms with E-state index in [-0.39, 0.29) is 11.1 Å². The highest BCUT2D eigenvalue weighted by atomic mass is 32.2. The van der Waals surface area contributed by atoms with Crippen LogP contribution in [0.4, 0.5) is 13.2 Å². The van der Waals surface area contributed by atoms with Gasteiger partial charge < -0.3 is 0 Å². The van der Waals surface area contributed by atoms with E-state index >= 15 is 0 Å². The van der Waals surface area contributed by atoms with Crippen molar-refractivity contribution in [3.05, 3.63) is 113 Å². The fourth-order valence-electron chi connectivity index (χ4n) is 3.54. The third-order valence-electron chi connectivity index (χ3n) is 4.87. The molecule has 0 atom stereocenters. The molecule has 0 aliphatic carbocycles. The Balaban J connectivity index is 2.15. The lowest BCUT2D eigenvalue weighted by Gasteiger charge is -2.30. The first-order chi connectivity index (χ1) is 14.3. The van der Waals surface area contributed by atoms with Crippen LogP contribution in [0.15, 0.2) is 106 Å². The molecule has 0 fully saturated rings. The van der Waals surface area contributed by atoms with Gasteiger partial charge in [-0.2, -0.15) is 18.3 Å². The highest BCUT2D eigenvalue weighted by Crippen LogP contribution is 2.53. The summed E-state index contributed by atoms with van der Waals surface area (Å²) in [5.74, 6) is 0. The zero-order valence-corrected chi connectivity index (χ0v) is 16.2. The predicted octanol–water partition coefficient (Wildman–Crippen LogP) is 5.70. The summed E-state index contributed by atoms with van der Waals surface area (Å²) in [5, 5.41) is 6.74. The molecule has 0 saturated heterocycles. The minimum atomic E-state index is -5.74. The minimum absolute atomic E-state index is 0.127. The predicted molar refractivity (Wildman–Crippen MR) is 107 cm³/mol. The van der Waals surface area contributed by atoms with Crippen LogP contribution in [0.2, 0.25) is 0 Å². The Morgan fingerprint density at radius 3 is 1.57 bits per heavy atom. The Hall–Kier alpha value is -3.26. The summed E-state index contributed by atoms with van der Waals surface area (Å²) in [6.45, 7) is 0. The molecule has 0 saturated carbocycles. The molecule has 30 heavy (non-hydrogen) atoms. The molecule has 0 spiro atoms. The fraction of sp³-hybridized carbons (Fsp3) is 0.0909. The number of sulfone groups is 1. The molecule has 0 bridgehead atoms. The highest BCUT2D eigenvalue weighted by Gasteiger charge is 2.55. The zero-order chi connectivity index (χ0) is 21.4. The van der Waals surface area contributed by atoms with Gasteiger partial charge in [-0.15, -0.1) is 5.11 Å². The monoisotopic (exact) mass is 428 g/mol. The third kappa shape index (κ3) is 3.04. The molecule has 0 amide bonds. The van der Waals surface area contributed by atoms with E-state index in [0.717, 1.165) is 0 Å². The molecule has 1 aliphatic heterocycles. The minimum Gasteiger partial charge on any atom is -0.213 e. The van der Waals surface area contributed by atoms with Crippen molar-refractivity contribution < 1.29 is 21.6 Å². The average molecular weight is 428 g/mol. The van der Waals surface area contributed by atoms with E-state index in [9.17, 15) is 21.6 Å². The number of nitrogens with zero attached hydrogens (tertiary/aromatic N) is 2. The van der Waals surface area contributed by atoms with Gasteiger partial charge in [0.1, 0.15) is 0 Å². The van der Waals surface area contributed by atoms with E-state index in [1.807, 2.05) is 0 Å². The van der Waals surface area contributed by atoms with Gasteiger partial charge in [-0.1, -0.05) is 91.0 Å². The normalized spacial score (nSPS) is 16.1. The molecule has 0 aromatic heterocycles. The molecule has 4 rings (SSSR count). The maximum atomic E-state index is 13.5. The van der Waals surface area contributed by atoms with Gasteiger partial charge in [0, 0.05) is 5.57 Å². The van der Waals surface area contributed by atoms with Crippen molar-refractivity contribution in [3.63, 3.8) is 0 Å². The van der Waals surface area contributed by atoms with Crippen LogP contribution in [-0.4, -0.2) is 13.9 Å². The van der Waals surface area contributed by atoms with E-state index in [1.165, 1.54) is 0 Å². The molecule has 3 aromatic carbocycles. The Bertz CT molecular complexity index is 1180. The van der Waals surface area contributed by atoms with Gasteiger partial charge in [0.25, 0.3) is 9.84 Å². The average Bonchev–Trinajstić information content (AvgIpc) is 3.17. The van der Waals surface area contributed by atoms with Crippen molar-refractivity contribution in [2.24, 2.45) is 10.2 Å². The lowest BCUT2D eigenvalue weighted by Crippen LogP contribution is -2.29. The molecular formula is C22H15F3N2O2S. The van der Waals surface area contributed by atoms with Crippen LogP contribution in [0.1, 0.15) is 16.7 Å². The molecule has 0 radical (unpaired) electrons. The van der Waals surface area contributed by atoms with Gasteiger partial charge >= 0.3 is 5.51 Å². The molecule has 8 heteroatoms. The van der Waals surface area contributed by atoms with E-state index in [4.69, 9.17) is 0 Å². The van der Waals surface area contributed by atoms with Gasteiger partial charge in [0.2, 0.25) is 0 Å². The zero-order valence-electron chi connectivity index (χ0n) is 15.4. The van der Waals surface area contributed by atoms with Gasteiger partial charge in [-0.25, -0.2) is 8.42 Å². The van der Waals surface area contributed by atoms with Crippen LogP contribution in [0.3, 0.4) is 0 Å². The van der Waals surface area contributed by atoms with Gasteiger partial charge in [0.15, 0.2) is 10.6 Å². The SMILES string of the molecule is O=S(=O)(C1=C(c2ccccc2)C(c2ccccc2)(c2ccccc2)N=N1)C(F)(F)F. The number of benzene rings is 3. The first kappa shape index (κ1) is 20.0. The van der Waals surface area contributed by atoms with Crippen LogP contribution in [-0.2, 0) is 15.4 Å². The second kappa shape index (κ2) is 7.21. The van der Waals surface area contributed by atoms with Gasteiger partial charge in [-0.3, -0.25) is 0 Å². The van der Waals surface area contributed by atoms with Crippen LogP contribution >= 0.6 is 0 Å². The Kier molecular flexibility index (Phi) is 4.82. The molecule has 4 nitrogen and oxygen atoms in total. The summed E-state index contributed by atoms with van der Waals surface area (Å²) in [4.78, 5) is 0. The van der Waals surface area contributed by atoms with Crippen LogP contribution < -0.4 is 0 Å². The van der Waals surface area contributed by atoms with Crippen molar-refractivity contribution in [1.82, 2.24) is 0 Å². The number of hydrogen-bond donors (Lipinski definition) is 0. The first-order valence-electron chi connectivity index (χ1n) is 8.94. The maximum Gasteiger partial charge on any atom is 0.503 e. The highest BCUT2D eigenvalue weighted by molar-refractivity contribution is 7.96. The van der Waals surface area contributed by atoms with Crippen LogP contribution in [0.25, 0.3) is 5.57 Å². The van der Waals surface area contributed by atoms with Crippen molar-refractivity contribution in [2.45, 2.75) is 11.0 Å². The van der Waals surface area contributed by atoms with Crippen LogP contribution in [0.5, 0.6) is 0 Å². The van der Waals surface area contributed by atoms with Crippen LogP contribution in [0, 0.1) is 0 Å². The number of alkyl halides is 3. The topological polar surface area (TPSA) is 58.9 Å². The van der Waals surface area contributed by atoms with E-state index in [0.29, 0.717) is 11.1 Å². The van der Waals surface area contributed by atoms with Gasteiger partial charge in [-0.05, 0) is 16.7 Å². The van der Waals surface area contributed by atoms with Crippen molar-refractivity contribution >= 4 is 15.4 Å². The maximum absolute atomic E-state index is 13.5. The number of hydrogen-bond acceptors (Lipinski definition) is 4. The molecule has 3 aromatic rings. The van der Waals surface area contributed by atoms with Gasteiger partial charge in [0.05, 0.1) is 0 Å². The molecular weight excluding hydrogens is 413 g/mol. The van der Waals surface area contributed by atoms with E-state index < -0.39 is 25.9 Å². The summed E-state index contributed by atoms with van der Waals surface area (Å²) in [6.07, 6.45) is 0. The summed E-state index contributed by atoms with van der Waals surface area (Å²) in [6, 6.07) is 25.2. The Labute approximate surface area is 171 Å². The second-order valence-corrected chi connectivity index (χ2v) is 8.49. The Morgan fingerprint density at radius 1 is 0.700 bits per heavy atom. The number of azo groups is 1. The second-order valence-electron chi connectivity index (χ2n) is 6.64. The molecule has 0 unspecified atom stereocenters. The largest absolute Gasteiger partial charge is 0.503 e. The number of halogens is 3. The van der Waals surface area contributed by atoms with Crippen molar-refractivity contribution in [3.8, 4) is 0 Å².